The lowest BCUT2D eigenvalue weighted by Crippen LogP contribution is -2.61. The Labute approximate surface area is 458 Å². The Kier molecular flexibility index (Phi) is 19.7. The quantitative estimate of drug-likeness (QED) is 0.0997. The number of hydrogen-bond acceptors (Lipinski definition) is 19. The molecule has 1 aliphatic carbocycles. The van der Waals surface area contributed by atoms with E-state index in [-0.39, 0.29) is 72.7 Å². The summed E-state index contributed by atoms with van der Waals surface area (Å²) in [6.45, 7) is 20.3. The number of ether oxygens (including phenoxy) is 9. The zero-order chi connectivity index (χ0) is 57.3. The van der Waals surface area contributed by atoms with Crippen molar-refractivity contribution in [3.05, 3.63) is 39.9 Å². The lowest BCUT2D eigenvalue weighted by Gasteiger charge is -2.49. The molecule has 1 aromatic heterocycles. The number of pyridine rings is 1. The van der Waals surface area contributed by atoms with Gasteiger partial charge in [-0.1, -0.05) is 20.8 Å². The van der Waals surface area contributed by atoms with Crippen LogP contribution in [0.15, 0.2) is 23.1 Å². The predicted octanol–water partition coefficient (Wildman–Crippen LogP) is 5.30. The number of aromatic nitrogens is 1. The van der Waals surface area contributed by atoms with Crippen LogP contribution < -0.4 is 16.1 Å². The number of cyclic esters (lactones) is 1. The number of carboxylic acid groups (broad SMARTS) is 1. The second kappa shape index (κ2) is 25.0. The van der Waals surface area contributed by atoms with Crippen LogP contribution in [-0.4, -0.2) is 199 Å². The number of anilines is 1. The molecule has 4 aliphatic heterocycles. The third-order valence-electron chi connectivity index (χ3n) is 17.1. The maximum atomic E-state index is 15.3. The average molecular weight is 1110 g/mol. The normalized spacial score (nSPS) is 38.5. The van der Waals surface area contributed by atoms with Gasteiger partial charge in [-0.3, -0.25) is 14.5 Å². The van der Waals surface area contributed by atoms with E-state index in [0.717, 1.165) is 18.9 Å². The molecule has 0 amide bonds. The number of aliphatic hydroxyl groups excluding tert-OH is 1. The fourth-order valence-corrected chi connectivity index (χ4v) is 12.6. The molecule has 5 fully saturated rings. The minimum absolute atomic E-state index is 0.0210. The standard InChI is InChI=1S/C56H88FN5O16/c1-15-42-56(10)48(77-53(68)78-56)33(6)61(13)27-29(2)25-54(8,69)47(76-52-45(64)41(60(11)12)22-30(3)72-52)31(4)46(32(5)51(67)74-42)75-43-26-55(9,70-14)49(34(7)73-43)71-21-20-58-18-19-59-39-24-40-36(23-38(39)57)44(63)37(50(65)66)28-62(40)35-16-17-35/h23-24,28-35,41-43,45-49,52,58-59,64,69H,15-22,25-27H2,1-14H3,(H,65,66)/t29-,30-,31+,32-,33-,34+,41+,42-,43+,45-,46+,47-,48-,49+,52+,54-,55-,56-/m1/s1. The number of benzene rings is 1. The van der Waals surface area contributed by atoms with Crippen LogP contribution in [0.3, 0.4) is 0 Å². The van der Waals surface area contributed by atoms with Crippen LogP contribution in [0.1, 0.15) is 124 Å². The van der Waals surface area contributed by atoms with Crippen LogP contribution in [0.25, 0.3) is 10.9 Å². The Morgan fingerprint density at radius 3 is 2.31 bits per heavy atom. The van der Waals surface area contributed by atoms with E-state index in [0.29, 0.717) is 38.1 Å². The van der Waals surface area contributed by atoms with E-state index in [1.807, 2.05) is 79.4 Å². The summed E-state index contributed by atoms with van der Waals surface area (Å²) in [7, 11) is 7.26. The molecule has 7 rings (SSSR count). The van der Waals surface area contributed by atoms with Gasteiger partial charge in [0, 0.05) is 75.3 Å². The Morgan fingerprint density at radius 2 is 1.67 bits per heavy atom. The molecule has 0 unspecified atom stereocenters. The molecule has 5 aliphatic rings. The highest BCUT2D eigenvalue weighted by Gasteiger charge is 2.58. The number of esters is 1. The molecule has 22 heteroatoms. The first kappa shape index (κ1) is 61.5. The number of aliphatic hydroxyl groups is 2. The Hall–Kier alpha value is -4.07. The van der Waals surface area contributed by atoms with Gasteiger partial charge in [-0.15, -0.1) is 0 Å². The first-order valence-electron chi connectivity index (χ1n) is 27.9. The fourth-order valence-electron chi connectivity index (χ4n) is 12.6. The molecule has 2 aromatic rings. The molecule has 21 nitrogen and oxygen atoms in total. The van der Waals surface area contributed by atoms with Crippen molar-refractivity contribution in [1.29, 1.82) is 0 Å². The van der Waals surface area contributed by atoms with Gasteiger partial charge in [0.2, 0.25) is 5.43 Å². The van der Waals surface area contributed by atoms with E-state index >= 15 is 4.39 Å². The van der Waals surface area contributed by atoms with Crippen molar-refractivity contribution < 1.29 is 76.7 Å². The summed E-state index contributed by atoms with van der Waals surface area (Å²) in [5, 5.41) is 40.7. The second-order valence-electron chi connectivity index (χ2n) is 23.8. The molecule has 4 saturated heterocycles. The van der Waals surface area contributed by atoms with Crippen LogP contribution in [0.5, 0.6) is 0 Å². The SMILES string of the molecule is CC[C@H]1OC(=O)[C@H](C)[C@@H](O[C@H]2C[C@@](C)(OC)[C@@H](OCCNCCNc3cc4c(cc3F)c(=O)c(C(=O)O)cn4C3CC3)[C@H](C)O2)[C@H](C)[C@@H](O[C@@H]2O[C@H](C)C[C@H](N(C)C)[C@H]2O)[C@](C)(O)C[C@@H](C)CN(C)[C@H](C)[C@H]2OC(=O)O[C@@]21C. The van der Waals surface area contributed by atoms with Gasteiger partial charge in [-0.25, -0.2) is 14.0 Å². The highest BCUT2D eigenvalue weighted by Crippen LogP contribution is 2.43. The summed E-state index contributed by atoms with van der Waals surface area (Å²) in [5.74, 6) is -4.67. The second-order valence-corrected chi connectivity index (χ2v) is 23.8. The number of nitrogens with one attached hydrogen (secondary N) is 2. The van der Waals surface area contributed by atoms with E-state index in [4.69, 9.17) is 42.6 Å². The number of rotatable bonds is 17. The van der Waals surface area contributed by atoms with E-state index in [2.05, 4.69) is 10.6 Å². The van der Waals surface area contributed by atoms with E-state index < -0.39 is 113 Å². The monoisotopic (exact) mass is 1110 g/mol. The molecule has 1 saturated carbocycles. The Morgan fingerprint density at radius 1 is 0.962 bits per heavy atom. The van der Waals surface area contributed by atoms with Crippen molar-refractivity contribution in [2.45, 2.75) is 204 Å². The van der Waals surface area contributed by atoms with Gasteiger partial charge in [0.05, 0.1) is 59.3 Å². The number of methoxy groups -OCH3 is 1. The van der Waals surface area contributed by atoms with Gasteiger partial charge in [-0.2, -0.15) is 0 Å². The maximum absolute atomic E-state index is 15.3. The smallest absolute Gasteiger partial charge is 0.477 e. The summed E-state index contributed by atoms with van der Waals surface area (Å²) in [6.07, 6.45) is -5.21. The number of carbonyl (C=O) groups is 3. The minimum atomic E-state index is -1.61. The van der Waals surface area contributed by atoms with Gasteiger partial charge in [-0.05, 0) is 120 Å². The van der Waals surface area contributed by atoms with Gasteiger partial charge >= 0.3 is 18.1 Å². The van der Waals surface area contributed by atoms with Gasteiger partial charge < -0.3 is 78.1 Å². The predicted molar refractivity (Wildman–Crippen MR) is 286 cm³/mol. The highest BCUT2D eigenvalue weighted by atomic mass is 19.1. The number of likely N-dealkylation sites (N-methyl/N-ethyl adjacent to an activating group) is 2. The summed E-state index contributed by atoms with van der Waals surface area (Å²) < 4.78 is 74.7. The molecule has 0 bridgehead atoms. The number of halogens is 1. The molecule has 78 heavy (non-hydrogen) atoms. The molecule has 5 heterocycles. The average Bonchev–Trinajstić information content (AvgIpc) is 4.21. The van der Waals surface area contributed by atoms with Gasteiger partial charge in [0.25, 0.3) is 0 Å². The maximum Gasteiger partial charge on any atom is 0.509 e. The number of carboxylic acids is 1. The first-order chi connectivity index (χ1) is 36.6. The fraction of sp³-hybridized carbons (Fsp3) is 0.786. The zero-order valence-corrected chi connectivity index (χ0v) is 48.1. The van der Waals surface area contributed by atoms with Gasteiger partial charge in [0.15, 0.2) is 24.3 Å². The molecule has 18 atom stereocenters. The molecule has 1 aromatic carbocycles. The number of aromatic carboxylic acids is 1. The molecule has 440 valence electrons. The summed E-state index contributed by atoms with van der Waals surface area (Å²) in [5.41, 5.74) is -4.39. The molecular formula is C56H88FN5O16. The molecule has 0 radical (unpaired) electrons. The van der Waals surface area contributed by atoms with Crippen molar-refractivity contribution in [2.75, 3.05) is 66.4 Å². The third kappa shape index (κ3) is 13.3. The first-order valence-corrected chi connectivity index (χ1v) is 27.9. The number of carbonyl (C=O) groups excluding carboxylic acids is 2. The van der Waals surface area contributed by atoms with Crippen molar-refractivity contribution >= 4 is 34.7 Å². The molecular weight excluding hydrogens is 1020 g/mol. The van der Waals surface area contributed by atoms with Crippen molar-refractivity contribution in [1.82, 2.24) is 19.7 Å². The van der Waals surface area contributed by atoms with Crippen LogP contribution in [0, 0.1) is 23.6 Å². The number of fused-ring (bicyclic) bond motifs is 2. The number of nitrogens with zero attached hydrogens (tertiary/aromatic N) is 3. The molecule has 0 spiro atoms. The lowest BCUT2D eigenvalue weighted by atomic mass is 9.77. The van der Waals surface area contributed by atoms with Crippen LogP contribution in [0.2, 0.25) is 0 Å². The minimum Gasteiger partial charge on any atom is -0.477 e. The summed E-state index contributed by atoms with van der Waals surface area (Å²) in [4.78, 5) is 56.4. The molecule has 5 N–H and O–H groups in total. The summed E-state index contributed by atoms with van der Waals surface area (Å²) >= 11 is 0. The zero-order valence-electron chi connectivity index (χ0n) is 48.1. The lowest BCUT2D eigenvalue weighted by molar-refractivity contribution is -0.320. The van der Waals surface area contributed by atoms with Gasteiger partial charge in [0.1, 0.15) is 29.7 Å². The van der Waals surface area contributed by atoms with Crippen LogP contribution in [0.4, 0.5) is 14.9 Å². The van der Waals surface area contributed by atoms with E-state index in [1.54, 1.807) is 38.5 Å². The van der Waals surface area contributed by atoms with Crippen molar-refractivity contribution in [2.24, 2.45) is 17.8 Å². The topological polar surface area (TPSA) is 248 Å². The Balaban J connectivity index is 1.08. The van der Waals surface area contributed by atoms with E-state index in [1.165, 1.54) is 6.20 Å². The third-order valence-corrected chi connectivity index (χ3v) is 17.1. The van der Waals surface area contributed by atoms with Crippen LogP contribution >= 0.6 is 0 Å². The number of hydrogen-bond donors (Lipinski definition) is 5. The van der Waals surface area contributed by atoms with Crippen LogP contribution in [-0.2, 0) is 47.4 Å². The van der Waals surface area contributed by atoms with Crippen molar-refractivity contribution in [3.63, 3.8) is 0 Å². The Bertz CT molecular complexity index is 2480. The van der Waals surface area contributed by atoms with Crippen molar-refractivity contribution in [3.8, 4) is 0 Å². The largest absolute Gasteiger partial charge is 0.509 e. The highest BCUT2D eigenvalue weighted by molar-refractivity contribution is 5.93. The summed E-state index contributed by atoms with van der Waals surface area (Å²) in [6, 6.07) is 2.00. The van der Waals surface area contributed by atoms with E-state index in [9.17, 15) is 34.5 Å².